The van der Waals surface area contributed by atoms with Gasteiger partial charge in [-0.2, -0.15) is 0 Å². The minimum atomic E-state index is -0.571. The molecule has 2 aromatic rings. The van der Waals surface area contributed by atoms with Crippen LogP contribution >= 0.6 is 0 Å². The average Bonchev–Trinajstić information content (AvgIpc) is 3.09. The van der Waals surface area contributed by atoms with Crippen LogP contribution in [0.3, 0.4) is 0 Å². The average molecular weight is 418 g/mol. The van der Waals surface area contributed by atoms with Crippen LogP contribution in [0.2, 0.25) is 0 Å². The maximum atomic E-state index is 12.8. The highest BCUT2D eigenvalue weighted by Crippen LogP contribution is 2.28. The van der Waals surface area contributed by atoms with Crippen LogP contribution in [0.1, 0.15) is 51.0 Å². The molecule has 1 atom stereocenters. The lowest BCUT2D eigenvalue weighted by atomic mass is 9.98. The molecule has 7 nitrogen and oxygen atoms in total. The van der Waals surface area contributed by atoms with Gasteiger partial charge in [-0.15, -0.1) is 0 Å². The molecule has 31 heavy (non-hydrogen) atoms. The number of amides is 3. The molecule has 0 aliphatic carbocycles. The molecule has 0 spiro atoms. The fourth-order valence-electron chi connectivity index (χ4n) is 4.73. The lowest BCUT2D eigenvalue weighted by molar-refractivity contribution is -0.136. The minimum Gasteiger partial charge on any atom is -0.322 e. The van der Waals surface area contributed by atoms with Gasteiger partial charge in [0.25, 0.3) is 5.91 Å². The van der Waals surface area contributed by atoms with E-state index in [1.807, 2.05) is 18.2 Å². The number of carbonyl (C=O) groups is 3. The highest BCUT2D eigenvalue weighted by atomic mass is 16.2. The summed E-state index contributed by atoms with van der Waals surface area (Å²) in [6.07, 6.45) is 1.73. The van der Waals surface area contributed by atoms with E-state index in [-0.39, 0.29) is 24.1 Å². The van der Waals surface area contributed by atoms with Crippen LogP contribution in [0.4, 0.5) is 0 Å². The van der Waals surface area contributed by atoms with Crippen molar-refractivity contribution in [2.75, 3.05) is 6.54 Å². The largest absolute Gasteiger partial charge is 0.322 e. The molecule has 1 unspecified atom stereocenters. The van der Waals surface area contributed by atoms with Crippen LogP contribution in [-0.2, 0) is 42.2 Å². The van der Waals surface area contributed by atoms with Crippen molar-refractivity contribution in [3.63, 3.8) is 0 Å². The Morgan fingerprint density at radius 3 is 2.52 bits per heavy atom. The predicted octanol–water partition coefficient (Wildman–Crippen LogP) is 1.38. The van der Waals surface area contributed by atoms with Gasteiger partial charge >= 0.3 is 0 Å². The van der Waals surface area contributed by atoms with Crippen molar-refractivity contribution in [3.8, 4) is 0 Å². The molecular formula is C24H26N4O3. The van der Waals surface area contributed by atoms with E-state index in [0.29, 0.717) is 25.1 Å². The fraction of sp³-hybridized carbons (Fsp3) is 0.375. The van der Waals surface area contributed by atoms with Gasteiger partial charge in [0.15, 0.2) is 0 Å². The second kappa shape index (κ2) is 8.24. The maximum absolute atomic E-state index is 12.8. The Labute approximate surface area is 181 Å². The lowest BCUT2D eigenvalue weighted by Crippen LogP contribution is -2.52. The molecule has 7 heteroatoms. The third-order valence-corrected chi connectivity index (χ3v) is 6.40. The normalized spacial score (nSPS) is 20.5. The summed E-state index contributed by atoms with van der Waals surface area (Å²) < 4.78 is 0. The maximum Gasteiger partial charge on any atom is 0.255 e. The molecule has 3 aliphatic heterocycles. The molecule has 3 heterocycles. The van der Waals surface area contributed by atoms with Gasteiger partial charge in [0.2, 0.25) is 11.8 Å². The van der Waals surface area contributed by atoms with Crippen molar-refractivity contribution < 1.29 is 14.4 Å². The number of carbonyl (C=O) groups excluding carboxylic acids is 3. The molecule has 0 aromatic heterocycles. The van der Waals surface area contributed by atoms with Gasteiger partial charge in [-0.1, -0.05) is 30.3 Å². The summed E-state index contributed by atoms with van der Waals surface area (Å²) in [5.74, 6) is -0.776. The minimum absolute atomic E-state index is 0.132. The van der Waals surface area contributed by atoms with Gasteiger partial charge in [0.1, 0.15) is 6.04 Å². The van der Waals surface area contributed by atoms with E-state index in [1.54, 1.807) is 4.90 Å². The van der Waals surface area contributed by atoms with Gasteiger partial charge in [-0.05, 0) is 53.3 Å². The van der Waals surface area contributed by atoms with Crippen LogP contribution in [0.15, 0.2) is 36.4 Å². The number of benzene rings is 2. The highest BCUT2D eigenvalue weighted by Gasteiger charge is 2.38. The number of imide groups is 1. The van der Waals surface area contributed by atoms with Crippen molar-refractivity contribution in [1.82, 2.24) is 20.9 Å². The van der Waals surface area contributed by atoms with Crippen LogP contribution in [0.25, 0.3) is 0 Å². The van der Waals surface area contributed by atoms with Gasteiger partial charge in [-0.25, -0.2) is 0 Å². The molecule has 5 rings (SSSR count). The van der Waals surface area contributed by atoms with Crippen LogP contribution in [-0.4, -0.2) is 35.2 Å². The number of hydrogen-bond acceptors (Lipinski definition) is 5. The number of fused-ring (bicyclic) bond motifs is 2. The molecule has 160 valence electrons. The van der Waals surface area contributed by atoms with Crippen molar-refractivity contribution in [1.29, 1.82) is 0 Å². The second-order valence-corrected chi connectivity index (χ2v) is 8.52. The Morgan fingerprint density at radius 2 is 1.71 bits per heavy atom. The van der Waals surface area contributed by atoms with E-state index in [1.165, 1.54) is 16.7 Å². The van der Waals surface area contributed by atoms with E-state index in [2.05, 4.69) is 34.1 Å². The van der Waals surface area contributed by atoms with Crippen molar-refractivity contribution in [3.05, 3.63) is 69.8 Å². The summed E-state index contributed by atoms with van der Waals surface area (Å²) in [6, 6.07) is 12.0. The van der Waals surface area contributed by atoms with Crippen LogP contribution in [0.5, 0.6) is 0 Å². The molecule has 0 radical (unpaired) electrons. The van der Waals surface area contributed by atoms with E-state index in [9.17, 15) is 14.4 Å². The summed E-state index contributed by atoms with van der Waals surface area (Å²) >= 11 is 0. The lowest BCUT2D eigenvalue weighted by Gasteiger charge is -2.29. The van der Waals surface area contributed by atoms with Crippen LogP contribution < -0.4 is 16.0 Å². The topological polar surface area (TPSA) is 90.5 Å². The van der Waals surface area contributed by atoms with E-state index < -0.39 is 6.04 Å². The molecule has 0 bridgehead atoms. The highest BCUT2D eigenvalue weighted by molar-refractivity contribution is 6.05. The van der Waals surface area contributed by atoms with Gasteiger partial charge in [0, 0.05) is 38.2 Å². The number of rotatable bonds is 5. The second-order valence-electron chi connectivity index (χ2n) is 8.52. The van der Waals surface area contributed by atoms with E-state index in [0.717, 1.165) is 37.2 Å². The Balaban J connectivity index is 1.21. The Morgan fingerprint density at radius 1 is 0.935 bits per heavy atom. The molecular weight excluding hydrogens is 392 g/mol. The van der Waals surface area contributed by atoms with E-state index >= 15 is 0 Å². The molecule has 1 fully saturated rings. The summed E-state index contributed by atoms with van der Waals surface area (Å²) in [5, 5.41) is 9.24. The summed E-state index contributed by atoms with van der Waals surface area (Å²) in [4.78, 5) is 38.0. The summed E-state index contributed by atoms with van der Waals surface area (Å²) in [7, 11) is 0. The van der Waals surface area contributed by atoms with E-state index in [4.69, 9.17) is 0 Å². The predicted molar refractivity (Wildman–Crippen MR) is 115 cm³/mol. The molecule has 0 saturated carbocycles. The first-order valence-electron chi connectivity index (χ1n) is 10.9. The molecule has 2 aromatic carbocycles. The number of hydrogen-bond donors (Lipinski definition) is 3. The molecule has 3 N–H and O–H groups in total. The molecule has 3 aliphatic rings. The Bertz CT molecular complexity index is 1060. The number of nitrogens with one attached hydrogen (secondary N) is 3. The first-order valence-corrected chi connectivity index (χ1v) is 10.9. The third-order valence-electron chi connectivity index (χ3n) is 6.40. The zero-order valence-corrected chi connectivity index (χ0v) is 17.4. The first-order chi connectivity index (χ1) is 15.1. The monoisotopic (exact) mass is 418 g/mol. The van der Waals surface area contributed by atoms with Gasteiger partial charge in [-0.3, -0.25) is 19.7 Å². The standard InChI is InChI=1S/C24H26N4O3/c29-22-6-5-21(23(30)27-22)28-14-19-10-16(2-4-20(19)24(28)31)12-26-11-15-1-3-18-13-25-8-7-17(18)9-15/h1-4,9-10,21,25-26H,5-8,11-14H2,(H,27,29,30). The SMILES string of the molecule is O=C1CCC(N2Cc3cc(CNCc4ccc5c(c4)CCNC5)ccc3C2=O)C(=O)N1. The zero-order chi connectivity index (χ0) is 21.4. The smallest absolute Gasteiger partial charge is 0.255 e. The Kier molecular flexibility index (Phi) is 5.29. The molecule has 1 saturated heterocycles. The number of nitrogens with zero attached hydrogens (tertiary/aromatic N) is 1. The Hall–Kier alpha value is -3.03. The first kappa shape index (κ1) is 19.9. The van der Waals surface area contributed by atoms with Crippen molar-refractivity contribution in [2.24, 2.45) is 0 Å². The van der Waals surface area contributed by atoms with Crippen molar-refractivity contribution in [2.45, 2.75) is 51.5 Å². The summed E-state index contributed by atoms with van der Waals surface area (Å²) in [5.41, 5.74) is 6.80. The number of piperidine rings is 1. The fourth-order valence-corrected chi connectivity index (χ4v) is 4.73. The summed E-state index contributed by atoms with van der Waals surface area (Å²) in [6.45, 7) is 3.89. The van der Waals surface area contributed by atoms with Gasteiger partial charge < -0.3 is 15.5 Å². The van der Waals surface area contributed by atoms with Crippen LogP contribution in [0, 0.1) is 0 Å². The molecule has 3 amide bonds. The zero-order valence-electron chi connectivity index (χ0n) is 17.4. The van der Waals surface area contributed by atoms with Crippen molar-refractivity contribution >= 4 is 17.7 Å². The van der Waals surface area contributed by atoms with Gasteiger partial charge in [0.05, 0.1) is 0 Å². The quantitative estimate of drug-likeness (QED) is 0.639. The third kappa shape index (κ3) is 3.98.